The van der Waals surface area contributed by atoms with E-state index in [1.54, 1.807) is 5.57 Å². The molecular formula is C17H31N. The maximum Gasteiger partial charge on any atom is 0.00930 e. The van der Waals surface area contributed by atoms with Crippen molar-refractivity contribution >= 4 is 0 Å². The Morgan fingerprint density at radius 1 is 1.17 bits per heavy atom. The van der Waals surface area contributed by atoms with Gasteiger partial charge in [-0.1, -0.05) is 32.4 Å². The summed E-state index contributed by atoms with van der Waals surface area (Å²) in [6, 6.07) is 0.780. The monoisotopic (exact) mass is 249 g/mol. The van der Waals surface area contributed by atoms with Crippen molar-refractivity contribution in [3.8, 4) is 0 Å². The molecule has 0 spiro atoms. The first-order valence-corrected chi connectivity index (χ1v) is 7.95. The third-order valence-corrected chi connectivity index (χ3v) is 4.99. The minimum absolute atomic E-state index is 0.780. The SMILES string of the molecule is CC1=CC(C)CC(CNC2CCC(C)CC2C)C1. The van der Waals surface area contributed by atoms with Crippen molar-refractivity contribution in [2.75, 3.05) is 6.54 Å². The predicted molar refractivity (Wildman–Crippen MR) is 79.6 cm³/mol. The summed E-state index contributed by atoms with van der Waals surface area (Å²) in [4.78, 5) is 0. The molecule has 0 bridgehead atoms. The van der Waals surface area contributed by atoms with E-state index < -0.39 is 0 Å². The maximum absolute atomic E-state index is 3.88. The molecule has 1 saturated carbocycles. The van der Waals surface area contributed by atoms with Crippen molar-refractivity contribution in [2.24, 2.45) is 23.7 Å². The van der Waals surface area contributed by atoms with E-state index in [2.05, 4.69) is 39.1 Å². The van der Waals surface area contributed by atoms with Gasteiger partial charge >= 0.3 is 0 Å². The van der Waals surface area contributed by atoms with E-state index in [4.69, 9.17) is 0 Å². The van der Waals surface area contributed by atoms with E-state index in [0.717, 1.165) is 29.7 Å². The highest BCUT2D eigenvalue weighted by atomic mass is 14.9. The van der Waals surface area contributed by atoms with Crippen molar-refractivity contribution in [3.05, 3.63) is 11.6 Å². The molecule has 2 aliphatic rings. The highest BCUT2D eigenvalue weighted by molar-refractivity contribution is 5.06. The molecule has 0 saturated heterocycles. The average Bonchev–Trinajstić information content (AvgIpc) is 2.26. The molecule has 0 radical (unpaired) electrons. The van der Waals surface area contributed by atoms with Gasteiger partial charge in [0.15, 0.2) is 0 Å². The summed E-state index contributed by atoms with van der Waals surface area (Å²) in [6.45, 7) is 10.7. The second-order valence-corrected chi connectivity index (χ2v) is 7.21. The number of rotatable bonds is 3. The first-order chi connectivity index (χ1) is 8.54. The molecule has 2 rings (SSSR count). The van der Waals surface area contributed by atoms with Crippen LogP contribution in [-0.4, -0.2) is 12.6 Å². The summed E-state index contributed by atoms with van der Waals surface area (Å²) in [5, 5.41) is 3.88. The zero-order chi connectivity index (χ0) is 13.1. The largest absolute Gasteiger partial charge is 0.313 e. The molecule has 0 heterocycles. The van der Waals surface area contributed by atoms with Crippen molar-refractivity contribution in [2.45, 2.75) is 65.8 Å². The minimum atomic E-state index is 0.780. The van der Waals surface area contributed by atoms with E-state index in [-0.39, 0.29) is 0 Å². The van der Waals surface area contributed by atoms with Crippen LogP contribution in [0.3, 0.4) is 0 Å². The Morgan fingerprint density at radius 3 is 2.61 bits per heavy atom. The van der Waals surface area contributed by atoms with E-state index in [1.807, 2.05) is 0 Å². The van der Waals surface area contributed by atoms with Gasteiger partial charge in [0.25, 0.3) is 0 Å². The van der Waals surface area contributed by atoms with E-state index in [1.165, 1.54) is 38.6 Å². The molecule has 0 aliphatic heterocycles. The van der Waals surface area contributed by atoms with Gasteiger partial charge in [0.05, 0.1) is 0 Å². The minimum Gasteiger partial charge on any atom is -0.313 e. The summed E-state index contributed by atoms with van der Waals surface area (Å²) in [5.74, 6) is 3.47. The summed E-state index contributed by atoms with van der Waals surface area (Å²) in [6.07, 6.45) is 9.37. The first kappa shape index (κ1) is 14.1. The molecule has 1 N–H and O–H groups in total. The van der Waals surface area contributed by atoms with Gasteiger partial charge in [-0.25, -0.2) is 0 Å². The van der Waals surface area contributed by atoms with Gasteiger partial charge in [-0.15, -0.1) is 0 Å². The lowest BCUT2D eigenvalue weighted by molar-refractivity contribution is 0.216. The molecule has 18 heavy (non-hydrogen) atoms. The fraction of sp³-hybridized carbons (Fsp3) is 0.882. The predicted octanol–water partition coefficient (Wildman–Crippen LogP) is 4.39. The quantitative estimate of drug-likeness (QED) is 0.731. The Kier molecular flexibility index (Phi) is 4.89. The summed E-state index contributed by atoms with van der Waals surface area (Å²) in [7, 11) is 0. The average molecular weight is 249 g/mol. The zero-order valence-electron chi connectivity index (χ0n) is 12.7. The second-order valence-electron chi connectivity index (χ2n) is 7.21. The van der Waals surface area contributed by atoms with Gasteiger partial charge in [-0.05, 0) is 69.2 Å². The first-order valence-electron chi connectivity index (χ1n) is 7.95. The van der Waals surface area contributed by atoms with Crippen LogP contribution in [-0.2, 0) is 0 Å². The topological polar surface area (TPSA) is 12.0 Å². The van der Waals surface area contributed by atoms with Crippen LogP contribution < -0.4 is 5.32 Å². The Balaban J connectivity index is 1.76. The molecular weight excluding hydrogens is 218 g/mol. The van der Waals surface area contributed by atoms with Crippen LogP contribution in [0.2, 0.25) is 0 Å². The number of allylic oxidation sites excluding steroid dienone is 2. The Labute approximate surface area is 113 Å². The fourth-order valence-electron chi connectivity index (χ4n) is 4.13. The van der Waals surface area contributed by atoms with Crippen molar-refractivity contribution in [1.29, 1.82) is 0 Å². The second kappa shape index (κ2) is 6.23. The maximum atomic E-state index is 3.88. The molecule has 5 unspecified atom stereocenters. The lowest BCUT2D eigenvalue weighted by Crippen LogP contribution is -2.41. The van der Waals surface area contributed by atoms with Crippen molar-refractivity contribution in [3.63, 3.8) is 0 Å². The molecule has 0 aromatic carbocycles. The van der Waals surface area contributed by atoms with Crippen LogP contribution in [0.1, 0.15) is 59.8 Å². The van der Waals surface area contributed by atoms with Crippen LogP contribution in [0.25, 0.3) is 0 Å². The number of hydrogen-bond donors (Lipinski definition) is 1. The third-order valence-electron chi connectivity index (χ3n) is 4.99. The smallest absolute Gasteiger partial charge is 0.00930 e. The summed E-state index contributed by atoms with van der Waals surface area (Å²) >= 11 is 0. The van der Waals surface area contributed by atoms with Gasteiger partial charge in [-0.3, -0.25) is 0 Å². The molecule has 1 heteroatoms. The van der Waals surface area contributed by atoms with Crippen LogP contribution >= 0.6 is 0 Å². The van der Waals surface area contributed by atoms with Gasteiger partial charge in [0.1, 0.15) is 0 Å². The van der Waals surface area contributed by atoms with E-state index >= 15 is 0 Å². The number of hydrogen-bond acceptors (Lipinski definition) is 1. The Hall–Kier alpha value is -0.300. The third kappa shape index (κ3) is 3.85. The van der Waals surface area contributed by atoms with Crippen LogP contribution in [0.4, 0.5) is 0 Å². The standard InChI is InChI=1S/C17H31N/c1-12-5-6-17(15(4)8-12)18-11-16-9-13(2)7-14(3)10-16/h7,12-13,15-18H,5-6,8-11H2,1-4H3. The summed E-state index contributed by atoms with van der Waals surface area (Å²) < 4.78 is 0. The van der Waals surface area contributed by atoms with Crippen molar-refractivity contribution in [1.82, 2.24) is 5.32 Å². The van der Waals surface area contributed by atoms with E-state index in [0.29, 0.717) is 0 Å². The normalized spacial score (nSPS) is 41.6. The van der Waals surface area contributed by atoms with Gasteiger partial charge in [-0.2, -0.15) is 0 Å². The molecule has 0 aromatic heterocycles. The highest BCUT2D eigenvalue weighted by Gasteiger charge is 2.26. The molecule has 104 valence electrons. The van der Waals surface area contributed by atoms with Gasteiger partial charge in [0, 0.05) is 6.04 Å². The summed E-state index contributed by atoms with van der Waals surface area (Å²) in [5.41, 5.74) is 1.60. The Morgan fingerprint density at radius 2 is 1.94 bits per heavy atom. The van der Waals surface area contributed by atoms with Gasteiger partial charge < -0.3 is 5.32 Å². The lowest BCUT2D eigenvalue weighted by atomic mass is 9.79. The molecule has 5 atom stereocenters. The van der Waals surface area contributed by atoms with E-state index in [9.17, 15) is 0 Å². The molecule has 2 aliphatic carbocycles. The Bertz CT molecular complexity index is 294. The fourth-order valence-corrected chi connectivity index (χ4v) is 4.13. The molecule has 1 fully saturated rings. The van der Waals surface area contributed by atoms with Gasteiger partial charge in [0.2, 0.25) is 0 Å². The lowest BCUT2D eigenvalue weighted by Gasteiger charge is -2.35. The van der Waals surface area contributed by atoms with Crippen molar-refractivity contribution < 1.29 is 0 Å². The highest BCUT2D eigenvalue weighted by Crippen LogP contribution is 2.30. The molecule has 0 amide bonds. The van der Waals surface area contributed by atoms with Crippen LogP contribution in [0.5, 0.6) is 0 Å². The molecule has 1 nitrogen and oxygen atoms in total. The molecule has 0 aromatic rings. The van der Waals surface area contributed by atoms with Crippen LogP contribution in [0.15, 0.2) is 11.6 Å². The number of nitrogens with one attached hydrogen (secondary N) is 1. The van der Waals surface area contributed by atoms with Crippen LogP contribution in [0, 0.1) is 23.7 Å². The zero-order valence-corrected chi connectivity index (χ0v) is 12.7.